The lowest BCUT2D eigenvalue weighted by Gasteiger charge is -2.21. The molecule has 0 saturated heterocycles. The van der Waals surface area contributed by atoms with Crippen LogP contribution in [0, 0.1) is 26.2 Å². The molecule has 0 spiro atoms. The van der Waals surface area contributed by atoms with E-state index in [2.05, 4.69) is 0 Å². The predicted octanol–water partition coefficient (Wildman–Crippen LogP) is 3.54. The summed E-state index contributed by atoms with van der Waals surface area (Å²) in [7, 11) is 1.65. The van der Waals surface area contributed by atoms with Gasteiger partial charge in [-0.05, 0) is 45.7 Å². The first-order valence-electron chi connectivity index (χ1n) is 7.27. The summed E-state index contributed by atoms with van der Waals surface area (Å²) in [5.41, 5.74) is 2.18. The Balaban J connectivity index is 2.95. The number of hydrogen-bond donors (Lipinski definition) is 0. The van der Waals surface area contributed by atoms with Gasteiger partial charge >= 0.3 is 5.97 Å². The smallest absolute Gasteiger partial charge is 0.320 e. The minimum absolute atomic E-state index is 0.0920. The van der Waals surface area contributed by atoms with Crippen LogP contribution < -0.4 is 4.74 Å². The van der Waals surface area contributed by atoms with E-state index < -0.39 is 5.41 Å². The zero-order chi connectivity index (χ0) is 17.1. The monoisotopic (exact) mass is 303 g/mol. The highest BCUT2D eigenvalue weighted by molar-refractivity contribution is 5.81. The summed E-state index contributed by atoms with van der Waals surface area (Å²) in [5.74, 6) is 0.165. The predicted molar refractivity (Wildman–Crippen MR) is 87.7 cm³/mol. The Labute approximate surface area is 132 Å². The van der Waals surface area contributed by atoms with Gasteiger partial charge in [-0.1, -0.05) is 23.8 Å². The molecule has 22 heavy (non-hydrogen) atoms. The molecule has 1 aromatic rings. The highest BCUT2D eigenvalue weighted by Crippen LogP contribution is 2.28. The van der Waals surface area contributed by atoms with E-state index in [1.54, 1.807) is 33.2 Å². The molecule has 0 heterocycles. The summed E-state index contributed by atoms with van der Waals surface area (Å²) in [6, 6.07) is 3.98. The Bertz CT molecular complexity index is 592. The summed E-state index contributed by atoms with van der Waals surface area (Å²) < 4.78 is 5.59. The van der Waals surface area contributed by atoms with E-state index in [9.17, 15) is 9.59 Å². The third kappa shape index (κ3) is 4.45. The maximum Gasteiger partial charge on any atom is 0.320 e. The van der Waals surface area contributed by atoms with E-state index in [-0.39, 0.29) is 11.9 Å². The van der Waals surface area contributed by atoms with Gasteiger partial charge in [0.2, 0.25) is 5.91 Å². The molecule has 0 aliphatic heterocycles. The van der Waals surface area contributed by atoms with E-state index in [1.807, 2.05) is 32.9 Å². The number of carbonyl (C=O) groups is 2. The largest absolute Gasteiger partial charge is 0.425 e. The van der Waals surface area contributed by atoms with Crippen LogP contribution in [-0.2, 0) is 9.59 Å². The van der Waals surface area contributed by atoms with Gasteiger partial charge in [0.1, 0.15) is 5.75 Å². The van der Waals surface area contributed by atoms with Crippen molar-refractivity contribution in [1.29, 1.82) is 0 Å². The summed E-state index contributed by atoms with van der Waals surface area (Å²) in [6.07, 6.45) is 3.27. The van der Waals surface area contributed by atoms with Gasteiger partial charge in [-0.15, -0.1) is 0 Å². The van der Waals surface area contributed by atoms with E-state index in [0.29, 0.717) is 5.75 Å². The molecular formula is C18H25NO3. The third-order valence-electron chi connectivity index (χ3n) is 3.54. The van der Waals surface area contributed by atoms with Crippen molar-refractivity contribution in [2.75, 3.05) is 7.05 Å². The lowest BCUT2D eigenvalue weighted by molar-refractivity contribution is -0.141. The van der Waals surface area contributed by atoms with Gasteiger partial charge in [0.25, 0.3) is 0 Å². The second kappa shape index (κ2) is 6.77. The summed E-state index contributed by atoms with van der Waals surface area (Å²) >= 11 is 0. The maximum absolute atomic E-state index is 12.4. The molecule has 120 valence electrons. The average molecular weight is 303 g/mol. The zero-order valence-corrected chi connectivity index (χ0v) is 14.5. The molecule has 0 aliphatic rings. The highest BCUT2D eigenvalue weighted by atomic mass is 16.5. The first-order valence-corrected chi connectivity index (χ1v) is 7.27. The van der Waals surface area contributed by atoms with Crippen LogP contribution in [-0.4, -0.2) is 23.8 Å². The second-order valence-corrected chi connectivity index (χ2v) is 6.28. The van der Waals surface area contributed by atoms with E-state index >= 15 is 0 Å². The number of carbonyl (C=O) groups excluding carboxylic acids is 2. The van der Waals surface area contributed by atoms with Gasteiger partial charge < -0.3 is 9.64 Å². The van der Waals surface area contributed by atoms with Crippen molar-refractivity contribution in [3.8, 4) is 5.75 Å². The number of rotatable bonds is 4. The van der Waals surface area contributed by atoms with Crippen molar-refractivity contribution in [2.24, 2.45) is 5.41 Å². The molecule has 0 aliphatic carbocycles. The fourth-order valence-corrected chi connectivity index (χ4v) is 2.02. The fraction of sp³-hybridized carbons (Fsp3) is 0.444. The highest BCUT2D eigenvalue weighted by Gasteiger charge is 2.28. The molecule has 0 atom stereocenters. The number of esters is 1. The first kappa shape index (κ1) is 18.0. The van der Waals surface area contributed by atoms with E-state index in [1.165, 1.54) is 11.8 Å². The van der Waals surface area contributed by atoms with Crippen LogP contribution in [0.15, 0.2) is 24.4 Å². The van der Waals surface area contributed by atoms with Crippen LogP contribution in [0.5, 0.6) is 5.75 Å². The second-order valence-electron chi connectivity index (χ2n) is 6.28. The van der Waals surface area contributed by atoms with E-state index in [4.69, 9.17) is 4.74 Å². The van der Waals surface area contributed by atoms with Crippen molar-refractivity contribution in [3.63, 3.8) is 0 Å². The quantitative estimate of drug-likeness (QED) is 0.631. The molecule has 1 aromatic carbocycles. The Hall–Kier alpha value is -2.10. The van der Waals surface area contributed by atoms with Crippen LogP contribution in [0.3, 0.4) is 0 Å². The van der Waals surface area contributed by atoms with Crippen molar-refractivity contribution < 1.29 is 14.3 Å². The zero-order valence-electron chi connectivity index (χ0n) is 14.5. The fourth-order valence-electron chi connectivity index (χ4n) is 2.02. The number of hydrogen-bond acceptors (Lipinski definition) is 3. The summed E-state index contributed by atoms with van der Waals surface area (Å²) in [6.45, 7) is 10.9. The van der Waals surface area contributed by atoms with Crippen LogP contribution in [0.1, 0.15) is 37.5 Å². The topological polar surface area (TPSA) is 46.6 Å². The molecule has 0 fully saturated rings. The molecule has 1 rings (SSSR count). The lowest BCUT2D eigenvalue weighted by atomic mass is 9.93. The van der Waals surface area contributed by atoms with Crippen LogP contribution >= 0.6 is 0 Å². The van der Waals surface area contributed by atoms with Gasteiger partial charge in [-0.2, -0.15) is 0 Å². The molecule has 0 aromatic heterocycles. The molecule has 1 amide bonds. The SMILES string of the molecule is CC(=O)N(C)/C=C/C(C)(C)C(=O)Oc1c(C)cc(C)cc1C. The van der Waals surface area contributed by atoms with E-state index in [0.717, 1.165) is 16.7 Å². The Morgan fingerprint density at radius 3 is 2.09 bits per heavy atom. The molecule has 0 bridgehead atoms. The normalized spacial score (nSPS) is 11.6. The number of benzene rings is 1. The van der Waals surface area contributed by atoms with Crippen molar-refractivity contribution in [2.45, 2.75) is 41.5 Å². The van der Waals surface area contributed by atoms with Gasteiger partial charge in [0.05, 0.1) is 5.41 Å². The van der Waals surface area contributed by atoms with Gasteiger partial charge in [0.15, 0.2) is 0 Å². The minimum atomic E-state index is -0.826. The number of amides is 1. The Morgan fingerprint density at radius 2 is 1.64 bits per heavy atom. The van der Waals surface area contributed by atoms with Crippen molar-refractivity contribution >= 4 is 11.9 Å². The van der Waals surface area contributed by atoms with Gasteiger partial charge in [-0.3, -0.25) is 9.59 Å². The van der Waals surface area contributed by atoms with Crippen molar-refractivity contribution in [1.82, 2.24) is 4.90 Å². The molecule has 4 nitrogen and oxygen atoms in total. The Kier molecular flexibility index (Phi) is 5.53. The number of aryl methyl sites for hydroxylation is 3. The average Bonchev–Trinajstić information content (AvgIpc) is 2.39. The molecule has 4 heteroatoms. The van der Waals surface area contributed by atoms with Crippen LogP contribution in [0.2, 0.25) is 0 Å². The summed E-state index contributed by atoms with van der Waals surface area (Å²) in [4.78, 5) is 25.1. The van der Waals surface area contributed by atoms with Gasteiger partial charge in [-0.25, -0.2) is 0 Å². The molecule has 0 N–H and O–H groups in total. The molecule has 0 unspecified atom stereocenters. The Morgan fingerprint density at radius 1 is 1.14 bits per heavy atom. The standard InChI is InChI=1S/C18H25NO3/c1-12-10-13(2)16(14(3)11-12)22-17(21)18(5,6)8-9-19(7)15(4)20/h8-11H,1-7H3/b9-8+. The maximum atomic E-state index is 12.4. The number of ether oxygens (including phenoxy) is 1. The number of nitrogens with zero attached hydrogens (tertiary/aromatic N) is 1. The molecule has 0 radical (unpaired) electrons. The molecular weight excluding hydrogens is 278 g/mol. The van der Waals surface area contributed by atoms with Gasteiger partial charge in [0, 0.05) is 20.2 Å². The third-order valence-corrected chi connectivity index (χ3v) is 3.54. The minimum Gasteiger partial charge on any atom is -0.425 e. The lowest BCUT2D eigenvalue weighted by Crippen LogP contribution is -2.28. The first-order chi connectivity index (χ1) is 10.0. The summed E-state index contributed by atoms with van der Waals surface area (Å²) in [5, 5.41) is 0. The van der Waals surface area contributed by atoms with Crippen LogP contribution in [0.4, 0.5) is 0 Å². The van der Waals surface area contributed by atoms with Crippen molar-refractivity contribution in [3.05, 3.63) is 41.1 Å². The molecule has 0 saturated carbocycles. The van der Waals surface area contributed by atoms with Crippen LogP contribution in [0.25, 0.3) is 0 Å².